The van der Waals surface area contributed by atoms with E-state index in [0.29, 0.717) is 5.92 Å². The average molecular weight is 342 g/mol. The molecule has 2 bridgehead atoms. The Kier molecular flexibility index (Phi) is 4.49. The van der Waals surface area contributed by atoms with Crippen LogP contribution in [0.5, 0.6) is 0 Å². The first-order chi connectivity index (χ1) is 12.2. The number of piperidine rings is 3. The Hall–Kier alpha value is -2.27. The van der Waals surface area contributed by atoms with Crippen LogP contribution in [0.4, 0.5) is 8.78 Å². The predicted octanol–water partition coefficient (Wildman–Crippen LogP) is 4.15. The van der Waals surface area contributed by atoms with Gasteiger partial charge in [0.2, 0.25) is 0 Å². The lowest BCUT2D eigenvalue weighted by Gasteiger charge is -2.39. The van der Waals surface area contributed by atoms with E-state index in [0.717, 1.165) is 49.3 Å². The molecule has 5 rings (SSSR count). The number of nitrogens with zero attached hydrogens (tertiary/aromatic N) is 2. The van der Waals surface area contributed by atoms with Crippen LogP contribution >= 0.6 is 0 Å². The summed E-state index contributed by atoms with van der Waals surface area (Å²) in [5, 5.41) is 4.45. The molecule has 0 aromatic heterocycles. The van der Waals surface area contributed by atoms with Crippen LogP contribution in [0.3, 0.4) is 0 Å². The standard InChI is InChI=1S/C20H20F2N2O/c21-17-5-1-15(2-6-17)20(16-3-7-18(22)8-4-16)25-23-19-13-24-11-9-14(19)10-12-24/h1-8,14,20H,9-13H2. The summed E-state index contributed by atoms with van der Waals surface area (Å²) >= 11 is 0. The fourth-order valence-electron chi connectivity index (χ4n) is 3.60. The van der Waals surface area contributed by atoms with Crippen LogP contribution in [-0.4, -0.2) is 30.2 Å². The number of oxime groups is 1. The van der Waals surface area contributed by atoms with Gasteiger partial charge in [0.1, 0.15) is 11.6 Å². The maximum absolute atomic E-state index is 13.3. The molecule has 5 heteroatoms. The lowest BCUT2D eigenvalue weighted by molar-refractivity contribution is 0.0799. The zero-order valence-electron chi connectivity index (χ0n) is 13.9. The summed E-state index contributed by atoms with van der Waals surface area (Å²) in [7, 11) is 0. The summed E-state index contributed by atoms with van der Waals surface area (Å²) in [4.78, 5) is 8.28. The summed E-state index contributed by atoms with van der Waals surface area (Å²) in [6, 6.07) is 12.3. The van der Waals surface area contributed by atoms with Gasteiger partial charge in [-0.05, 0) is 61.3 Å². The topological polar surface area (TPSA) is 24.8 Å². The van der Waals surface area contributed by atoms with Crippen LogP contribution in [0.1, 0.15) is 30.1 Å². The Bertz CT molecular complexity index is 705. The number of rotatable bonds is 4. The Labute approximate surface area is 145 Å². The molecule has 3 nitrogen and oxygen atoms in total. The van der Waals surface area contributed by atoms with E-state index in [1.54, 1.807) is 24.3 Å². The number of hydrogen-bond donors (Lipinski definition) is 0. The van der Waals surface area contributed by atoms with Crippen molar-refractivity contribution in [3.63, 3.8) is 0 Å². The van der Waals surface area contributed by atoms with E-state index < -0.39 is 6.10 Å². The Morgan fingerprint density at radius 1 is 0.880 bits per heavy atom. The van der Waals surface area contributed by atoms with Crippen molar-refractivity contribution in [2.45, 2.75) is 18.9 Å². The first-order valence-electron chi connectivity index (χ1n) is 8.65. The van der Waals surface area contributed by atoms with E-state index in [2.05, 4.69) is 10.1 Å². The minimum atomic E-state index is -0.482. The second-order valence-corrected chi connectivity index (χ2v) is 6.72. The molecular formula is C20H20F2N2O. The molecule has 0 atom stereocenters. The molecule has 0 unspecified atom stereocenters. The minimum absolute atomic E-state index is 0.301. The lowest BCUT2D eigenvalue weighted by Crippen LogP contribution is -2.48. The lowest BCUT2D eigenvalue weighted by atomic mass is 9.87. The molecule has 25 heavy (non-hydrogen) atoms. The first-order valence-corrected chi connectivity index (χ1v) is 8.65. The average Bonchev–Trinajstić information content (AvgIpc) is 2.66. The van der Waals surface area contributed by atoms with Gasteiger partial charge in [0.05, 0.1) is 5.71 Å². The summed E-state index contributed by atoms with van der Waals surface area (Å²) in [5.74, 6) is -0.109. The van der Waals surface area contributed by atoms with Crippen molar-refractivity contribution >= 4 is 5.71 Å². The van der Waals surface area contributed by atoms with Gasteiger partial charge in [-0.15, -0.1) is 0 Å². The zero-order chi connectivity index (χ0) is 17.2. The van der Waals surface area contributed by atoms with Crippen LogP contribution in [0.2, 0.25) is 0 Å². The molecule has 0 radical (unpaired) electrons. The van der Waals surface area contributed by atoms with E-state index in [-0.39, 0.29) is 11.6 Å². The number of hydrogen-bond acceptors (Lipinski definition) is 3. The molecule has 0 aliphatic carbocycles. The summed E-state index contributed by atoms with van der Waals surface area (Å²) in [6.07, 6.45) is 1.77. The molecule has 0 amide bonds. The molecule has 3 aliphatic heterocycles. The van der Waals surface area contributed by atoms with Crippen molar-refractivity contribution in [3.8, 4) is 0 Å². The summed E-state index contributed by atoms with van der Waals surface area (Å²) in [6.45, 7) is 3.11. The second kappa shape index (κ2) is 6.92. The molecule has 0 saturated carbocycles. The van der Waals surface area contributed by atoms with E-state index in [4.69, 9.17) is 4.84 Å². The van der Waals surface area contributed by atoms with Gasteiger partial charge in [-0.3, -0.25) is 4.90 Å². The van der Waals surface area contributed by atoms with Crippen LogP contribution in [0.25, 0.3) is 0 Å². The Morgan fingerprint density at radius 2 is 1.40 bits per heavy atom. The Balaban J connectivity index is 1.61. The fraction of sp³-hybridized carbons (Fsp3) is 0.350. The molecule has 2 aromatic carbocycles. The van der Waals surface area contributed by atoms with Crippen molar-refractivity contribution in [2.75, 3.05) is 19.6 Å². The molecule has 0 N–H and O–H groups in total. The Morgan fingerprint density at radius 3 is 1.84 bits per heavy atom. The van der Waals surface area contributed by atoms with Crippen LogP contribution in [0.15, 0.2) is 53.7 Å². The normalized spacial score (nSPS) is 24.0. The van der Waals surface area contributed by atoms with Gasteiger partial charge in [0.25, 0.3) is 0 Å². The maximum Gasteiger partial charge on any atom is 0.177 e. The van der Waals surface area contributed by atoms with Crippen molar-refractivity contribution < 1.29 is 13.6 Å². The summed E-state index contributed by atoms with van der Waals surface area (Å²) in [5.41, 5.74) is 2.66. The van der Waals surface area contributed by atoms with E-state index >= 15 is 0 Å². The van der Waals surface area contributed by atoms with E-state index in [1.807, 2.05) is 0 Å². The molecule has 3 heterocycles. The molecule has 130 valence electrons. The molecule has 3 saturated heterocycles. The molecule has 2 aromatic rings. The van der Waals surface area contributed by atoms with Crippen molar-refractivity contribution in [1.29, 1.82) is 0 Å². The third-order valence-electron chi connectivity index (χ3n) is 5.07. The maximum atomic E-state index is 13.3. The van der Waals surface area contributed by atoms with Gasteiger partial charge >= 0.3 is 0 Å². The first kappa shape index (κ1) is 16.2. The van der Waals surface area contributed by atoms with Gasteiger partial charge in [-0.1, -0.05) is 29.4 Å². The van der Waals surface area contributed by atoms with Gasteiger partial charge in [-0.25, -0.2) is 8.78 Å². The van der Waals surface area contributed by atoms with Crippen LogP contribution < -0.4 is 0 Å². The van der Waals surface area contributed by atoms with Crippen LogP contribution in [0, 0.1) is 17.6 Å². The molecule has 3 fully saturated rings. The monoisotopic (exact) mass is 342 g/mol. The highest BCUT2D eigenvalue weighted by molar-refractivity contribution is 5.89. The highest BCUT2D eigenvalue weighted by Gasteiger charge is 2.31. The number of benzene rings is 2. The highest BCUT2D eigenvalue weighted by atomic mass is 19.1. The molecular weight excluding hydrogens is 322 g/mol. The predicted molar refractivity (Wildman–Crippen MR) is 92.3 cm³/mol. The molecule has 3 aliphatic rings. The fourth-order valence-corrected chi connectivity index (χ4v) is 3.60. The van der Waals surface area contributed by atoms with Gasteiger partial charge < -0.3 is 4.84 Å². The smallest absolute Gasteiger partial charge is 0.177 e. The van der Waals surface area contributed by atoms with Crippen molar-refractivity contribution in [1.82, 2.24) is 4.90 Å². The third kappa shape index (κ3) is 3.56. The summed E-state index contributed by atoms with van der Waals surface area (Å²) < 4.78 is 26.5. The number of halogens is 2. The van der Waals surface area contributed by atoms with Gasteiger partial charge in [0.15, 0.2) is 6.10 Å². The molecule has 0 spiro atoms. The van der Waals surface area contributed by atoms with E-state index in [1.165, 1.54) is 24.3 Å². The van der Waals surface area contributed by atoms with Gasteiger partial charge in [0, 0.05) is 12.5 Å². The van der Waals surface area contributed by atoms with Crippen molar-refractivity contribution in [3.05, 3.63) is 71.3 Å². The highest BCUT2D eigenvalue weighted by Crippen LogP contribution is 2.29. The van der Waals surface area contributed by atoms with Crippen LogP contribution in [-0.2, 0) is 4.84 Å². The number of fused-ring (bicyclic) bond motifs is 3. The zero-order valence-corrected chi connectivity index (χ0v) is 13.9. The third-order valence-corrected chi connectivity index (χ3v) is 5.07. The SMILES string of the molecule is Fc1ccc(C(ON=C2CN3CCC2CC3)c2ccc(F)cc2)cc1. The van der Waals surface area contributed by atoms with E-state index in [9.17, 15) is 8.78 Å². The largest absolute Gasteiger partial charge is 0.383 e. The van der Waals surface area contributed by atoms with Crippen molar-refractivity contribution in [2.24, 2.45) is 11.1 Å². The minimum Gasteiger partial charge on any atom is -0.383 e. The quantitative estimate of drug-likeness (QED) is 0.780. The van der Waals surface area contributed by atoms with Gasteiger partial charge in [-0.2, -0.15) is 0 Å². The second-order valence-electron chi connectivity index (χ2n) is 6.72.